The van der Waals surface area contributed by atoms with E-state index in [2.05, 4.69) is 32.2 Å². The number of aliphatic hydroxyl groups is 1. The van der Waals surface area contributed by atoms with Gasteiger partial charge in [0.2, 0.25) is 18.0 Å². The first-order valence-corrected chi connectivity index (χ1v) is 22.2. The zero-order valence-corrected chi connectivity index (χ0v) is 38.1. The van der Waals surface area contributed by atoms with Crippen LogP contribution in [0.1, 0.15) is 93.7 Å². The number of nitrogen functional groups attached to an aromatic ring is 1. The summed E-state index contributed by atoms with van der Waals surface area (Å²) in [5.41, 5.74) is 11.3. The first-order chi connectivity index (χ1) is 31.3. The monoisotopic (exact) mass is 892 g/mol. The van der Waals surface area contributed by atoms with Crippen molar-refractivity contribution in [1.29, 1.82) is 5.41 Å². The second-order valence-corrected chi connectivity index (χ2v) is 16.6. The number of nitrogens with two attached hydrogens (primary N) is 1. The number of hydrogen-bond acceptors (Lipinski definition) is 13. The number of nitrogens with zero attached hydrogens (tertiary/aromatic N) is 7. The van der Waals surface area contributed by atoms with E-state index in [0.29, 0.717) is 51.1 Å². The maximum atomic E-state index is 15.4. The Morgan fingerprint density at radius 3 is 2.54 bits per heavy atom. The minimum absolute atomic E-state index is 0.00977. The standard InChI is InChI=1S/C48H61FN10O6/c1-8-39(56-48(53-9-2)64-34-17-21-63-22-18-34)45(31(7)43-30(6)37(49)23-38(51)36(43)24-50)65-42-26-54-57-59(42)44(28(3)4)47(62)58-20-10-11-41(58)46(61)55-40(27-60)33-14-12-32(13-15-33)35-16-19-52-25-29(35)5/h9,12-16,19,23-25,28,34,40-42,44,50,60H,7-8,10-11,17-18,20-22,26-27,51H2,1-6H3,(H,55,61)/b45-39-,50-24?,53-9-,56-48-/t40-,41-,42?,44-/m0/s1. The van der Waals surface area contributed by atoms with Crippen LogP contribution in [0, 0.1) is 31.0 Å². The lowest BCUT2D eigenvalue weighted by Crippen LogP contribution is -2.56. The van der Waals surface area contributed by atoms with Gasteiger partial charge in [-0.15, -0.1) is 0 Å². The van der Waals surface area contributed by atoms with Crippen molar-refractivity contribution < 1.29 is 33.3 Å². The summed E-state index contributed by atoms with van der Waals surface area (Å²) >= 11 is 0. The zero-order chi connectivity index (χ0) is 46.8. The number of carbonyl (C=O) groups excluding carboxylic acids is 2. The minimum atomic E-state index is -0.980. The lowest BCUT2D eigenvalue weighted by atomic mass is 9.92. The average molecular weight is 893 g/mol. The number of ether oxygens (including phenoxy) is 3. The van der Waals surface area contributed by atoms with Crippen molar-refractivity contribution >= 4 is 41.5 Å². The Morgan fingerprint density at radius 2 is 1.89 bits per heavy atom. The van der Waals surface area contributed by atoms with Crippen molar-refractivity contribution in [2.75, 3.05) is 38.6 Å². The summed E-state index contributed by atoms with van der Waals surface area (Å²) in [4.78, 5) is 43.9. The molecule has 0 radical (unpaired) electrons. The molecule has 2 saturated heterocycles. The number of aromatic nitrogens is 1. The summed E-state index contributed by atoms with van der Waals surface area (Å²) in [6.45, 7) is 16.4. The van der Waals surface area contributed by atoms with E-state index in [0.717, 1.165) is 28.5 Å². The molecule has 0 spiro atoms. The number of anilines is 1. The van der Waals surface area contributed by atoms with E-state index >= 15 is 4.39 Å². The molecule has 1 unspecified atom stereocenters. The van der Waals surface area contributed by atoms with Crippen LogP contribution in [0.15, 0.2) is 87.1 Å². The summed E-state index contributed by atoms with van der Waals surface area (Å²) in [6, 6.07) is 8.39. The van der Waals surface area contributed by atoms with Crippen molar-refractivity contribution in [3.63, 3.8) is 0 Å². The summed E-state index contributed by atoms with van der Waals surface area (Å²) in [5, 5.41) is 31.9. The second kappa shape index (κ2) is 22.0. The van der Waals surface area contributed by atoms with Crippen molar-refractivity contribution in [3.05, 3.63) is 100 Å². The molecule has 4 atom stereocenters. The zero-order valence-electron chi connectivity index (χ0n) is 38.1. The Morgan fingerprint density at radius 1 is 1.15 bits per heavy atom. The van der Waals surface area contributed by atoms with E-state index in [4.69, 9.17) is 30.3 Å². The summed E-state index contributed by atoms with van der Waals surface area (Å²) in [5.74, 6) is -1.53. The maximum Gasteiger partial charge on any atom is 0.316 e. The second-order valence-electron chi connectivity index (χ2n) is 16.6. The van der Waals surface area contributed by atoms with E-state index in [-0.39, 0.29) is 83.1 Å². The third kappa shape index (κ3) is 11.0. The van der Waals surface area contributed by atoms with Gasteiger partial charge in [0.05, 0.1) is 31.6 Å². The Kier molecular flexibility index (Phi) is 16.3. The largest absolute Gasteiger partial charge is 0.464 e. The van der Waals surface area contributed by atoms with Gasteiger partial charge in [0.25, 0.3) is 0 Å². The molecule has 65 heavy (non-hydrogen) atoms. The number of likely N-dealkylation sites (tertiary alicyclic amines) is 1. The quantitative estimate of drug-likeness (QED) is 0.0374. The predicted octanol–water partition coefficient (Wildman–Crippen LogP) is 7.25. The number of benzene rings is 2. The number of amides is 2. The van der Waals surface area contributed by atoms with E-state index < -0.39 is 30.2 Å². The van der Waals surface area contributed by atoms with E-state index in [9.17, 15) is 14.7 Å². The number of rotatable bonds is 16. The number of carbonyl (C=O) groups is 2. The lowest BCUT2D eigenvalue weighted by molar-refractivity contribution is -0.148. The molecule has 346 valence electrons. The van der Waals surface area contributed by atoms with Gasteiger partial charge in [0, 0.05) is 66.6 Å². The Hall–Kier alpha value is -6.33. The number of halogens is 1. The van der Waals surface area contributed by atoms with Crippen LogP contribution < -0.4 is 11.1 Å². The van der Waals surface area contributed by atoms with Crippen molar-refractivity contribution in [2.24, 2.45) is 26.2 Å². The molecule has 0 aliphatic carbocycles. The van der Waals surface area contributed by atoms with Gasteiger partial charge >= 0.3 is 6.02 Å². The third-order valence-corrected chi connectivity index (χ3v) is 11.9. The number of nitrogens with one attached hydrogen (secondary N) is 2. The van der Waals surface area contributed by atoms with Crippen LogP contribution in [-0.4, -0.2) is 108 Å². The SMILES string of the molecule is C=C(/C(OC1CN=NN1[C@H](C(=O)N1CCC[C@H]1C(=O)N[C@@H](CO)c1ccc(-c2ccncc2C)cc1)C(C)C)=C(CC)/N=C(/N=C\C)OC1CCOCC1)c1c(C)c(F)cc(N)c1C=N. The highest BCUT2D eigenvalue weighted by Gasteiger charge is 2.44. The highest BCUT2D eigenvalue weighted by molar-refractivity contribution is 5.97. The number of hydrogen-bond donors (Lipinski definition) is 4. The molecule has 3 aliphatic heterocycles. The first-order valence-electron chi connectivity index (χ1n) is 22.2. The van der Waals surface area contributed by atoms with Crippen LogP contribution in [0.4, 0.5) is 10.1 Å². The van der Waals surface area contributed by atoms with Gasteiger partial charge in [-0.3, -0.25) is 14.6 Å². The topological polar surface area (TPSA) is 213 Å². The van der Waals surface area contributed by atoms with Crippen molar-refractivity contribution in [2.45, 2.75) is 104 Å². The number of allylic oxidation sites excluding steroid dienone is 2. The van der Waals surface area contributed by atoms with E-state index in [1.165, 1.54) is 11.1 Å². The molecule has 2 amide bonds. The van der Waals surface area contributed by atoms with E-state index in [1.807, 2.05) is 58.0 Å². The van der Waals surface area contributed by atoms with Crippen LogP contribution in [0.25, 0.3) is 16.7 Å². The molecule has 3 aliphatic rings. The highest BCUT2D eigenvalue weighted by atomic mass is 19.1. The van der Waals surface area contributed by atoms with E-state index in [1.54, 1.807) is 37.4 Å². The summed E-state index contributed by atoms with van der Waals surface area (Å²) in [7, 11) is 0. The first kappa shape index (κ1) is 48.1. The van der Waals surface area contributed by atoms with Gasteiger partial charge in [0.1, 0.15) is 30.5 Å². The fraction of sp³-hybridized carbons (Fsp3) is 0.458. The molecule has 3 aromatic rings. The summed E-state index contributed by atoms with van der Waals surface area (Å²) in [6.07, 6.45) is 7.58. The van der Waals surface area contributed by atoms with Crippen LogP contribution in [-0.2, 0) is 23.8 Å². The number of amidine groups is 1. The number of aryl methyl sites for hydroxylation is 1. The van der Waals surface area contributed by atoms with Crippen molar-refractivity contribution in [3.8, 4) is 11.1 Å². The minimum Gasteiger partial charge on any atom is -0.464 e. The number of pyridine rings is 1. The molecule has 16 nitrogen and oxygen atoms in total. The maximum absolute atomic E-state index is 15.4. The molecule has 0 bridgehead atoms. The van der Waals surface area contributed by atoms with Crippen molar-refractivity contribution in [1.82, 2.24) is 20.2 Å². The number of aliphatic imine (C=N–C) groups is 2. The van der Waals surface area contributed by atoms with Gasteiger partial charge in [-0.1, -0.05) is 56.8 Å². The van der Waals surface area contributed by atoms with Gasteiger partial charge in [0.15, 0.2) is 5.76 Å². The Labute approximate surface area is 380 Å². The Bertz CT molecular complexity index is 2340. The molecule has 5 N–H and O–H groups in total. The average Bonchev–Trinajstić information content (AvgIpc) is 3.99. The lowest BCUT2D eigenvalue weighted by Gasteiger charge is -2.36. The van der Waals surface area contributed by atoms with Gasteiger partial charge in [-0.2, -0.15) is 10.1 Å². The normalized spacial score (nSPS) is 19.4. The molecule has 0 saturated carbocycles. The fourth-order valence-electron chi connectivity index (χ4n) is 8.46. The van der Waals surface area contributed by atoms with Crippen LogP contribution in [0.2, 0.25) is 0 Å². The Balaban J connectivity index is 1.29. The van der Waals surface area contributed by atoms with Gasteiger partial charge in [-0.05, 0) is 85.9 Å². The van der Waals surface area contributed by atoms with Crippen LogP contribution in [0.3, 0.4) is 0 Å². The summed E-state index contributed by atoms with van der Waals surface area (Å²) < 4.78 is 34.0. The molecular weight excluding hydrogens is 832 g/mol. The molecule has 4 heterocycles. The smallest absolute Gasteiger partial charge is 0.316 e. The molecule has 1 aromatic heterocycles. The third-order valence-electron chi connectivity index (χ3n) is 11.9. The van der Waals surface area contributed by atoms with Crippen LogP contribution >= 0.6 is 0 Å². The molecule has 6 rings (SSSR count). The predicted molar refractivity (Wildman–Crippen MR) is 248 cm³/mol. The molecule has 2 aromatic carbocycles. The number of aliphatic hydroxyl groups excluding tert-OH is 1. The van der Waals surface area contributed by atoms with Crippen LogP contribution in [0.5, 0.6) is 0 Å². The fourth-order valence-corrected chi connectivity index (χ4v) is 8.46. The van der Waals surface area contributed by atoms with Gasteiger partial charge < -0.3 is 40.7 Å². The highest BCUT2D eigenvalue weighted by Crippen LogP contribution is 2.37. The van der Waals surface area contributed by atoms with Gasteiger partial charge in [-0.25, -0.2) is 14.4 Å². The molecular formula is C48H61FN10O6. The molecule has 17 heteroatoms. The molecule has 2 fully saturated rings.